The molecule has 0 spiro atoms. The van der Waals surface area contributed by atoms with E-state index in [0.29, 0.717) is 32.6 Å². The highest BCUT2D eigenvalue weighted by Gasteiger charge is 2.31. The first-order chi connectivity index (χ1) is 10.7. The Labute approximate surface area is 129 Å². The molecular weight excluding hydrogens is 282 g/mol. The van der Waals surface area contributed by atoms with E-state index in [2.05, 4.69) is 10.6 Å². The third-order valence-electron chi connectivity index (χ3n) is 3.99. The maximum absolute atomic E-state index is 12.1. The monoisotopic (exact) mass is 303 g/mol. The van der Waals surface area contributed by atoms with Crippen molar-refractivity contribution >= 4 is 17.5 Å². The first kappa shape index (κ1) is 15.0. The molecule has 0 radical (unpaired) electrons. The number of nitrogens with one attached hydrogen (secondary N) is 2. The topological polar surface area (TPSA) is 70.7 Å². The van der Waals surface area contributed by atoms with Crippen molar-refractivity contribution in [1.82, 2.24) is 10.6 Å². The lowest BCUT2D eigenvalue weighted by atomic mass is 10.1. The molecule has 1 aromatic carbocycles. The van der Waals surface area contributed by atoms with E-state index in [1.807, 2.05) is 30.3 Å². The lowest BCUT2D eigenvalue weighted by Crippen LogP contribution is -2.46. The molecule has 2 fully saturated rings. The van der Waals surface area contributed by atoms with Crippen LogP contribution in [0.5, 0.6) is 0 Å². The summed E-state index contributed by atoms with van der Waals surface area (Å²) < 4.78 is 5.34. The van der Waals surface area contributed by atoms with Crippen molar-refractivity contribution in [3.63, 3.8) is 0 Å². The van der Waals surface area contributed by atoms with Gasteiger partial charge in [0.05, 0.1) is 19.3 Å². The minimum Gasteiger partial charge on any atom is -0.378 e. The van der Waals surface area contributed by atoms with E-state index in [4.69, 9.17) is 4.74 Å². The summed E-state index contributed by atoms with van der Waals surface area (Å²) in [6, 6.07) is 9.49. The highest BCUT2D eigenvalue weighted by Crippen LogP contribution is 2.21. The second-order valence-corrected chi connectivity index (χ2v) is 5.74. The molecule has 0 aromatic heterocycles. The molecule has 2 saturated heterocycles. The first-order valence-electron chi connectivity index (χ1n) is 7.68. The van der Waals surface area contributed by atoms with Crippen molar-refractivity contribution < 1.29 is 14.3 Å². The first-order valence-corrected chi connectivity index (χ1v) is 7.68. The second-order valence-electron chi connectivity index (χ2n) is 5.74. The summed E-state index contributed by atoms with van der Waals surface area (Å²) in [6.07, 6.45) is 0.741. The molecule has 2 N–H and O–H groups in total. The highest BCUT2D eigenvalue weighted by molar-refractivity contribution is 5.96. The number of hydrogen-bond acceptors (Lipinski definition) is 4. The molecule has 2 heterocycles. The Balaban J connectivity index is 1.51. The molecule has 22 heavy (non-hydrogen) atoms. The van der Waals surface area contributed by atoms with Gasteiger partial charge < -0.3 is 20.3 Å². The van der Waals surface area contributed by atoms with Crippen molar-refractivity contribution in [2.45, 2.75) is 24.9 Å². The zero-order valence-electron chi connectivity index (χ0n) is 12.5. The van der Waals surface area contributed by atoms with Crippen LogP contribution in [0.15, 0.2) is 30.3 Å². The molecule has 2 amide bonds. The van der Waals surface area contributed by atoms with Crippen molar-refractivity contribution in [2.24, 2.45) is 0 Å². The predicted octanol–water partition coefficient (Wildman–Crippen LogP) is 0.287. The van der Waals surface area contributed by atoms with E-state index >= 15 is 0 Å². The van der Waals surface area contributed by atoms with Gasteiger partial charge in [0.1, 0.15) is 0 Å². The lowest BCUT2D eigenvalue weighted by Gasteiger charge is -2.24. The van der Waals surface area contributed by atoms with Gasteiger partial charge in [0.25, 0.3) is 0 Å². The van der Waals surface area contributed by atoms with E-state index in [1.165, 1.54) is 0 Å². The van der Waals surface area contributed by atoms with Crippen LogP contribution in [-0.2, 0) is 14.3 Å². The Morgan fingerprint density at radius 1 is 1.36 bits per heavy atom. The number of nitrogens with zero attached hydrogens (tertiary/aromatic N) is 1. The number of ether oxygens (including phenoxy) is 1. The van der Waals surface area contributed by atoms with Crippen LogP contribution in [0.4, 0.5) is 5.69 Å². The predicted molar refractivity (Wildman–Crippen MR) is 82.6 cm³/mol. The molecule has 6 heteroatoms. The second kappa shape index (κ2) is 6.89. The van der Waals surface area contributed by atoms with E-state index in [-0.39, 0.29) is 23.9 Å². The Hall–Kier alpha value is -1.92. The molecular formula is C16H21N3O3. The number of morpholine rings is 1. The maximum Gasteiger partial charge on any atom is 0.229 e. The molecule has 0 bridgehead atoms. The minimum atomic E-state index is -0.121. The Morgan fingerprint density at radius 2 is 2.18 bits per heavy atom. The normalized spacial score (nSPS) is 25.3. The largest absolute Gasteiger partial charge is 0.378 e. The summed E-state index contributed by atoms with van der Waals surface area (Å²) in [5.41, 5.74) is 0.881. The van der Waals surface area contributed by atoms with Crippen LogP contribution in [-0.4, -0.2) is 50.2 Å². The molecule has 0 saturated carbocycles. The Bertz CT molecular complexity index is 529. The maximum atomic E-state index is 12.1. The number of anilines is 1. The van der Waals surface area contributed by atoms with Crippen molar-refractivity contribution in [1.29, 1.82) is 0 Å². The average molecular weight is 303 g/mol. The summed E-state index contributed by atoms with van der Waals surface area (Å²) in [5, 5.41) is 6.21. The fourth-order valence-corrected chi connectivity index (χ4v) is 2.92. The van der Waals surface area contributed by atoms with Crippen LogP contribution in [0.3, 0.4) is 0 Å². The molecule has 3 rings (SSSR count). The molecule has 2 aliphatic heterocycles. The molecule has 118 valence electrons. The van der Waals surface area contributed by atoms with Gasteiger partial charge in [0, 0.05) is 37.7 Å². The summed E-state index contributed by atoms with van der Waals surface area (Å²) in [6.45, 7) is 2.57. The number of amides is 2. The van der Waals surface area contributed by atoms with Crippen molar-refractivity contribution in [2.75, 3.05) is 31.2 Å². The van der Waals surface area contributed by atoms with Crippen LogP contribution >= 0.6 is 0 Å². The molecule has 0 aliphatic carbocycles. The standard InChI is InChI=1S/C16H21N3O3/c20-15(8-13-11-22-7-6-17-13)18-12-9-16(21)19(10-12)14-4-2-1-3-5-14/h1-5,12-13,17H,6-11H2,(H,18,20). The quantitative estimate of drug-likeness (QED) is 0.838. The lowest BCUT2D eigenvalue weighted by molar-refractivity contribution is -0.122. The van der Waals surface area contributed by atoms with E-state index in [9.17, 15) is 9.59 Å². The van der Waals surface area contributed by atoms with Gasteiger partial charge in [-0.25, -0.2) is 0 Å². The van der Waals surface area contributed by atoms with E-state index < -0.39 is 0 Å². The van der Waals surface area contributed by atoms with Crippen LogP contribution in [0.2, 0.25) is 0 Å². The fourth-order valence-electron chi connectivity index (χ4n) is 2.92. The number of para-hydroxylation sites is 1. The zero-order chi connectivity index (χ0) is 15.4. The molecule has 6 nitrogen and oxygen atoms in total. The van der Waals surface area contributed by atoms with Gasteiger partial charge in [-0.3, -0.25) is 9.59 Å². The summed E-state index contributed by atoms with van der Waals surface area (Å²) in [7, 11) is 0. The highest BCUT2D eigenvalue weighted by atomic mass is 16.5. The number of carbonyl (C=O) groups excluding carboxylic acids is 2. The van der Waals surface area contributed by atoms with Crippen LogP contribution in [0.25, 0.3) is 0 Å². The zero-order valence-corrected chi connectivity index (χ0v) is 12.5. The number of carbonyl (C=O) groups is 2. The van der Waals surface area contributed by atoms with Crippen LogP contribution in [0.1, 0.15) is 12.8 Å². The van der Waals surface area contributed by atoms with Gasteiger partial charge in [-0.2, -0.15) is 0 Å². The minimum absolute atomic E-state index is 0.0317. The summed E-state index contributed by atoms with van der Waals surface area (Å²) >= 11 is 0. The van der Waals surface area contributed by atoms with Crippen molar-refractivity contribution in [3.05, 3.63) is 30.3 Å². The van der Waals surface area contributed by atoms with E-state index in [0.717, 1.165) is 12.2 Å². The smallest absolute Gasteiger partial charge is 0.229 e. The SMILES string of the molecule is O=C(CC1COCCN1)NC1CC(=O)N(c2ccccc2)C1. The van der Waals surface area contributed by atoms with Gasteiger partial charge in [0.2, 0.25) is 11.8 Å². The summed E-state index contributed by atoms with van der Waals surface area (Å²) in [4.78, 5) is 25.9. The summed E-state index contributed by atoms with van der Waals surface area (Å²) in [5.74, 6) is 0.0198. The number of benzene rings is 1. The Kier molecular flexibility index (Phi) is 4.70. The number of rotatable bonds is 4. The van der Waals surface area contributed by atoms with Crippen molar-refractivity contribution in [3.8, 4) is 0 Å². The van der Waals surface area contributed by atoms with Crippen LogP contribution in [0, 0.1) is 0 Å². The average Bonchev–Trinajstić information content (AvgIpc) is 2.89. The Morgan fingerprint density at radius 3 is 2.91 bits per heavy atom. The van der Waals surface area contributed by atoms with Gasteiger partial charge in [-0.05, 0) is 12.1 Å². The van der Waals surface area contributed by atoms with Gasteiger partial charge in [-0.15, -0.1) is 0 Å². The van der Waals surface area contributed by atoms with Gasteiger partial charge in [-0.1, -0.05) is 18.2 Å². The molecule has 1 aromatic rings. The van der Waals surface area contributed by atoms with E-state index in [1.54, 1.807) is 4.90 Å². The van der Waals surface area contributed by atoms with Gasteiger partial charge >= 0.3 is 0 Å². The van der Waals surface area contributed by atoms with Crippen LogP contribution < -0.4 is 15.5 Å². The molecule has 2 aliphatic rings. The fraction of sp³-hybridized carbons (Fsp3) is 0.500. The third-order valence-corrected chi connectivity index (χ3v) is 3.99. The number of hydrogen-bond donors (Lipinski definition) is 2. The third kappa shape index (κ3) is 3.64. The molecule has 2 atom stereocenters. The van der Waals surface area contributed by atoms with Gasteiger partial charge in [0.15, 0.2) is 0 Å². The molecule has 2 unspecified atom stereocenters.